The van der Waals surface area contributed by atoms with Crippen LogP contribution in [0.15, 0.2) is 24.5 Å². The summed E-state index contributed by atoms with van der Waals surface area (Å²) >= 11 is 1.27. The van der Waals surface area contributed by atoms with Crippen LogP contribution in [-0.4, -0.2) is 52.1 Å². The van der Waals surface area contributed by atoms with Crippen LogP contribution in [0.2, 0.25) is 0 Å². The third-order valence-corrected chi connectivity index (χ3v) is 7.06. The van der Waals surface area contributed by atoms with Crippen molar-refractivity contribution in [2.45, 2.75) is 52.7 Å². The minimum Gasteiger partial charge on any atom is -0.481 e. The molecule has 2 atom stereocenters. The van der Waals surface area contributed by atoms with E-state index < -0.39 is 30.8 Å². The average Bonchev–Trinajstić information content (AvgIpc) is 3.20. The second kappa shape index (κ2) is 10.8. The smallest absolute Gasteiger partial charge is 0.388 e. The molecule has 1 N–H and O–H groups in total. The van der Waals surface area contributed by atoms with E-state index >= 15 is 0 Å². The number of nitrogens with zero attached hydrogens (tertiary/aromatic N) is 3. The number of pyridine rings is 1. The standard InChI is InChI=1S/C22H27F4N3O3S/c1-13(2)14-8-22(20(30)31,6-5-17(23)24)12-29(10-14)11-15-9-28-19(33-15)16-4-3-7-27-18(16)32-21(25)26/h3-4,7,9,13-14,17,21H,5-6,8,10-12H2,1-2H3,(H,30,31). The van der Waals surface area contributed by atoms with Gasteiger partial charge in [0.2, 0.25) is 12.3 Å². The Morgan fingerprint density at radius 1 is 1.33 bits per heavy atom. The van der Waals surface area contributed by atoms with Crippen LogP contribution in [0, 0.1) is 17.3 Å². The molecule has 1 aliphatic heterocycles. The number of hydrogen-bond acceptors (Lipinski definition) is 6. The van der Waals surface area contributed by atoms with Gasteiger partial charge in [0.1, 0.15) is 5.01 Å². The van der Waals surface area contributed by atoms with Gasteiger partial charge in [0, 0.05) is 43.3 Å². The molecule has 6 nitrogen and oxygen atoms in total. The summed E-state index contributed by atoms with van der Waals surface area (Å²) < 4.78 is 55.7. The molecule has 1 fully saturated rings. The molecule has 0 amide bonds. The van der Waals surface area contributed by atoms with E-state index in [9.17, 15) is 27.5 Å². The van der Waals surface area contributed by atoms with Crippen molar-refractivity contribution >= 4 is 17.3 Å². The second-order valence-electron chi connectivity index (χ2n) is 8.76. The van der Waals surface area contributed by atoms with Gasteiger partial charge in [0.15, 0.2) is 0 Å². The van der Waals surface area contributed by atoms with Gasteiger partial charge < -0.3 is 9.84 Å². The maximum Gasteiger partial charge on any atom is 0.388 e. The molecule has 3 rings (SSSR count). The summed E-state index contributed by atoms with van der Waals surface area (Å²) in [7, 11) is 0. The number of aliphatic carboxylic acids is 1. The van der Waals surface area contributed by atoms with Crippen LogP contribution >= 0.6 is 11.3 Å². The van der Waals surface area contributed by atoms with Gasteiger partial charge in [-0.05, 0) is 36.8 Å². The van der Waals surface area contributed by atoms with Crippen LogP contribution in [0.4, 0.5) is 17.6 Å². The zero-order chi connectivity index (χ0) is 24.2. The normalized spacial score (nSPS) is 21.8. The molecule has 0 spiro atoms. The van der Waals surface area contributed by atoms with Gasteiger partial charge in [-0.25, -0.2) is 18.7 Å². The molecular formula is C22H27F4N3O3S. The topological polar surface area (TPSA) is 75.5 Å². The number of piperidine rings is 1. The number of ether oxygens (including phenoxy) is 1. The lowest BCUT2D eigenvalue weighted by atomic mass is 9.69. The summed E-state index contributed by atoms with van der Waals surface area (Å²) in [6.45, 7) is 2.18. The Labute approximate surface area is 193 Å². The van der Waals surface area contributed by atoms with E-state index in [-0.39, 0.29) is 30.7 Å². The highest BCUT2D eigenvalue weighted by atomic mass is 32.1. The Bertz CT molecular complexity index is 943. The molecule has 0 radical (unpaired) electrons. The van der Waals surface area contributed by atoms with Gasteiger partial charge >= 0.3 is 12.6 Å². The van der Waals surface area contributed by atoms with Gasteiger partial charge in [-0.3, -0.25) is 9.69 Å². The van der Waals surface area contributed by atoms with E-state index in [4.69, 9.17) is 0 Å². The number of hydrogen-bond donors (Lipinski definition) is 1. The van der Waals surface area contributed by atoms with Gasteiger partial charge in [-0.2, -0.15) is 8.78 Å². The zero-order valence-electron chi connectivity index (χ0n) is 18.4. The minimum atomic E-state index is -3.02. The van der Waals surface area contributed by atoms with Crippen molar-refractivity contribution in [2.24, 2.45) is 17.3 Å². The maximum absolute atomic E-state index is 12.9. The van der Waals surface area contributed by atoms with Crippen molar-refractivity contribution in [1.29, 1.82) is 0 Å². The Morgan fingerprint density at radius 3 is 2.73 bits per heavy atom. The Morgan fingerprint density at radius 2 is 2.09 bits per heavy atom. The van der Waals surface area contributed by atoms with Gasteiger partial charge in [0.05, 0.1) is 11.0 Å². The number of alkyl halides is 4. The van der Waals surface area contributed by atoms with Gasteiger partial charge in [-0.15, -0.1) is 11.3 Å². The largest absolute Gasteiger partial charge is 0.481 e. The summed E-state index contributed by atoms with van der Waals surface area (Å²) in [5.41, 5.74) is -0.900. The summed E-state index contributed by atoms with van der Waals surface area (Å²) in [5.74, 6) is -1.03. The van der Waals surface area contributed by atoms with Crippen molar-refractivity contribution in [2.75, 3.05) is 13.1 Å². The lowest BCUT2D eigenvalue weighted by Gasteiger charge is -2.45. The van der Waals surface area contributed by atoms with Crippen molar-refractivity contribution in [1.82, 2.24) is 14.9 Å². The fraction of sp³-hybridized carbons (Fsp3) is 0.591. The Hall–Kier alpha value is -2.27. The van der Waals surface area contributed by atoms with Crippen molar-refractivity contribution in [3.8, 4) is 16.5 Å². The van der Waals surface area contributed by atoms with Crippen LogP contribution in [0.1, 0.15) is 38.0 Å². The highest BCUT2D eigenvalue weighted by Gasteiger charge is 2.46. The first-order valence-corrected chi connectivity index (χ1v) is 11.5. The molecule has 11 heteroatoms. The summed E-state index contributed by atoms with van der Waals surface area (Å²) in [6.07, 6.45) is 0.227. The highest BCUT2D eigenvalue weighted by molar-refractivity contribution is 7.15. The number of aromatic nitrogens is 2. The zero-order valence-corrected chi connectivity index (χ0v) is 19.2. The number of carboxylic acids is 1. The molecule has 182 valence electrons. The lowest BCUT2D eigenvalue weighted by molar-refractivity contribution is -0.156. The number of likely N-dealkylation sites (tertiary alicyclic amines) is 1. The quantitative estimate of drug-likeness (QED) is 0.451. The molecule has 0 aromatic carbocycles. The third-order valence-electron chi connectivity index (χ3n) is 6.04. The average molecular weight is 490 g/mol. The molecule has 2 unspecified atom stereocenters. The number of carbonyl (C=O) groups is 1. The van der Waals surface area contributed by atoms with Crippen LogP contribution in [0.5, 0.6) is 5.88 Å². The molecule has 33 heavy (non-hydrogen) atoms. The van der Waals surface area contributed by atoms with Crippen molar-refractivity contribution < 1.29 is 32.2 Å². The van der Waals surface area contributed by atoms with E-state index in [0.717, 1.165) is 4.88 Å². The van der Waals surface area contributed by atoms with Crippen LogP contribution in [0.25, 0.3) is 10.6 Å². The summed E-state index contributed by atoms with van der Waals surface area (Å²) in [5, 5.41) is 10.4. The Kier molecular flexibility index (Phi) is 8.28. The first-order valence-electron chi connectivity index (χ1n) is 10.7. The molecule has 2 aromatic heterocycles. The van der Waals surface area contributed by atoms with Crippen LogP contribution < -0.4 is 4.74 Å². The van der Waals surface area contributed by atoms with E-state index in [1.165, 1.54) is 17.5 Å². The monoisotopic (exact) mass is 489 g/mol. The van der Waals surface area contributed by atoms with Crippen LogP contribution in [-0.2, 0) is 11.3 Å². The molecule has 0 bridgehead atoms. The van der Waals surface area contributed by atoms with E-state index in [1.54, 1.807) is 18.3 Å². The predicted molar refractivity (Wildman–Crippen MR) is 116 cm³/mol. The third kappa shape index (κ3) is 6.41. The second-order valence-corrected chi connectivity index (χ2v) is 9.87. The van der Waals surface area contributed by atoms with E-state index in [0.29, 0.717) is 30.1 Å². The molecule has 1 saturated heterocycles. The Balaban J connectivity index is 1.81. The fourth-order valence-corrected chi connectivity index (χ4v) is 5.28. The molecule has 3 heterocycles. The molecule has 1 aliphatic rings. The maximum atomic E-state index is 12.9. The fourth-order valence-electron chi connectivity index (χ4n) is 4.31. The minimum absolute atomic E-state index is 0.0456. The van der Waals surface area contributed by atoms with Crippen LogP contribution in [0.3, 0.4) is 0 Å². The molecule has 2 aromatic rings. The first-order chi connectivity index (χ1) is 15.6. The molecule has 0 aliphatic carbocycles. The highest BCUT2D eigenvalue weighted by Crippen LogP contribution is 2.42. The SMILES string of the molecule is CC(C)C1CN(Cc2cnc(-c3cccnc3OC(F)F)s2)CC(CCC(F)F)(C(=O)O)C1. The van der Waals surface area contributed by atoms with Crippen molar-refractivity contribution in [3.05, 3.63) is 29.4 Å². The first kappa shape index (κ1) is 25.4. The number of rotatable bonds is 10. The summed E-state index contributed by atoms with van der Waals surface area (Å²) in [4.78, 5) is 23.2. The lowest BCUT2D eigenvalue weighted by Crippen LogP contribution is -2.52. The number of carboxylic acid groups (broad SMARTS) is 1. The van der Waals surface area contributed by atoms with E-state index in [1.807, 2.05) is 18.7 Å². The molecule has 0 saturated carbocycles. The summed E-state index contributed by atoms with van der Waals surface area (Å²) in [6, 6.07) is 3.18. The van der Waals surface area contributed by atoms with E-state index in [2.05, 4.69) is 14.7 Å². The van der Waals surface area contributed by atoms with Crippen molar-refractivity contribution in [3.63, 3.8) is 0 Å². The molecular weight excluding hydrogens is 462 g/mol. The van der Waals surface area contributed by atoms with Gasteiger partial charge in [-0.1, -0.05) is 13.8 Å². The van der Waals surface area contributed by atoms with Gasteiger partial charge in [0.25, 0.3) is 0 Å². The number of thiazole rings is 1. The predicted octanol–water partition coefficient (Wildman–Crippen LogP) is 5.40. The number of halogens is 4.